The number of amides is 1. The third kappa shape index (κ3) is 2.52. The van der Waals surface area contributed by atoms with Gasteiger partial charge in [-0.25, -0.2) is 0 Å². The summed E-state index contributed by atoms with van der Waals surface area (Å²) < 4.78 is 11.6. The highest BCUT2D eigenvalue weighted by Gasteiger charge is 2.58. The molecule has 2 heterocycles. The van der Waals surface area contributed by atoms with Crippen LogP contribution < -0.4 is 10.1 Å². The molecule has 3 rings (SSSR count). The number of rotatable bonds is 4. The van der Waals surface area contributed by atoms with E-state index in [1.807, 2.05) is 36.1 Å². The van der Waals surface area contributed by atoms with Gasteiger partial charge in [0.2, 0.25) is 5.91 Å². The number of benzene rings is 1. The maximum atomic E-state index is 13.0. The minimum absolute atomic E-state index is 0.00872. The Morgan fingerprint density at radius 3 is 2.83 bits per heavy atom. The van der Waals surface area contributed by atoms with Crippen LogP contribution in [0.2, 0.25) is 0 Å². The summed E-state index contributed by atoms with van der Waals surface area (Å²) in [4.78, 5) is 16.5. The van der Waals surface area contributed by atoms with Crippen LogP contribution in [0.15, 0.2) is 24.3 Å². The van der Waals surface area contributed by atoms with Crippen molar-refractivity contribution in [2.24, 2.45) is 5.92 Å². The van der Waals surface area contributed by atoms with E-state index in [1.54, 1.807) is 26.1 Å². The summed E-state index contributed by atoms with van der Waals surface area (Å²) >= 11 is 5.56. The van der Waals surface area contributed by atoms with E-state index < -0.39 is 11.6 Å². The van der Waals surface area contributed by atoms with Gasteiger partial charge in [0.05, 0.1) is 12.6 Å². The molecule has 2 aliphatic rings. The van der Waals surface area contributed by atoms with Crippen LogP contribution in [0, 0.1) is 5.92 Å². The molecule has 24 heavy (non-hydrogen) atoms. The normalized spacial score (nSPS) is 27.8. The SMILES string of the molecule is COCCN1C(=S)N[C@@H]2c3ccccc3O[C@@]1(C)[C@@H]2C(=O)N(C)C. The molecule has 6 nitrogen and oxygen atoms in total. The maximum Gasteiger partial charge on any atom is 0.233 e. The van der Waals surface area contributed by atoms with Gasteiger partial charge in [-0.05, 0) is 25.2 Å². The van der Waals surface area contributed by atoms with E-state index in [0.717, 1.165) is 11.3 Å². The molecule has 0 saturated carbocycles. The largest absolute Gasteiger partial charge is 0.467 e. The van der Waals surface area contributed by atoms with Crippen molar-refractivity contribution < 1.29 is 14.3 Å². The van der Waals surface area contributed by atoms with Crippen molar-refractivity contribution in [2.75, 3.05) is 34.4 Å². The zero-order valence-electron chi connectivity index (χ0n) is 14.4. The average molecular weight is 349 g/mol. The van der Waals surface area contributed by atoms with Crippen LogP contribution in [0.5, 0.6) is 5.75 Å². The van der Waals surface area contributed by atoms with Gasteiger partial charge in [0.25, 0.3) is 0 Å². The molecule has 0 radical (unpaired) electrons. The van der Waals surface area contributed by atoms with E-state index in [9.17, 15) is 4.79 Å². The van der Waals surface area contributed by atoms with E-state index in [1.165, 1.54) is 0 Å². The summed E-state index contributed by atoms with van der Waals surface area (Å²) in [5.41, 5.74) is 0.102. The number of fused-ring (bicyclic) bond motifs is 4. The Morgan fingerprint density at radius 2 is 2.17 bits per heavy atom. The molecule has 0 unspecified atom stereocenters. The summed E-state index contributed by atoms with van der Waals surface area (Å²) in [6.07, 6.45) is 0. The highest BCUT2D eigenvalue weighted by molar-refractivity contribution is 7.80. The molecule has 7 heteroatoms. The Hall–Kier alpha value is -1.86. The third-order valence-electron chi connectivity index (χ3n) is 4.77. The van der Waals surface area contributed by atoms with E-state index >= 15 is 0 Å². The second kappa shape index (κ2) is 6.22. The van der Waals surface area contributed by atoms with Crippen LogP contribution in [-0.2, 0) is 9.53 Å². The van der Waals surface area contributed by atoms with Gasteiger partial charge in [0.15, 0.2) is 10.8 Å². The van der Waals surface area contributed by atoms with E-state index in [0.29, 0.717) is 18.3 Å². The van der Waals surface area contributed by atoms with Gasteiger partial charge < -0.3 is 24.6 Å². The lowest BCUT2D eigenvalue weighted by molar-refractivity contribution is -0.162. The first-order valence-electron chi connectivity index (χ1n) is 7.96. The average Bonchev–Trinajstić information content (AvgIpc) is 2.53. The number of methoxy groups -OCH3 is 1. The second-order valence-corrected chi connectivity index (χ2v) is 6.86. The Labute approximate surface area is 147 Å². The number of para-hydroxylation sites is 1. The third-order valence-corrected chi connectivity index (χ3v) is 5.11. The first-order chi connectivity index (χ1) is 11.4. The molecule has 1 saturated heterocycles. The minimum atomic E-state index is -0.860. The fraction of sp³-hybridized carbons (Fsp3) is 0.529. The number of carbonyl (C=O) groups excluding carboxylic acids is 1. The summed E-state index contributed by atoms with van der Waals surface area (Å²) in [6, 6.07) is 7.59. The number of ether oxygens (including phenoxy) is 2. The number of thiocarbonyl (C=S) groups is 1. The number of nitrogens with one attached hydrogen (secondary N) is 1. The van der Waals surface area contributed by atoms with E-state index in [4.69, 9.17) is 21.7 Å². The summed E-state index contributed by atoms with van der Waals surface area (Å²) in [6.45, 7) is 2.98. The maximum absolute atomic E-state index is 13.0. The predicted octanol–water partition coefficient (Wildman–Crippen LogP) is 1.38. The number of hydrogen-bond donors (Lipinski definition) is 1. The van der Waals surface area contributed by atoms with Gasteiger partial charge >= 0.3 is 0 Å². The zero-order chi connectivity index (χ0) is 17.5. The Kier molecular flexibility index (Phi) is 4.40. The first-order valence-corrected chi connectivity index (χ1v) is 8.37. The van der Waals surface area contributed by atoms with E-state index in [2.05, 4.69) is 5.32 Å². The predicted molar refractivity (Wildman–Crippen MR) is 94.7 cm³/mol. The van der Waals surface area contributed by atoms with Gasteiger partial charge in [-0.15, -0.1) is 0 Å². The van der Waals surface area contributed by atoms with Crippen molar-refractivity contribution >= 4 is 23.2 Å². The topological polar surface area (TPSA) is 54.0 Å². The van der Waals surface area contributed by atoms with Gasteiger partial charge in [-0.1, -0.05) is 18.2 Å². The molecule has 1 aromatic rings. The zero-order valence-corrected chi connectivity index (χ0v) is 15.2. The van der Waals surface area contributed by atoms with Crippen molar-refractivity contribution in [2.45, 2.75) is 18.7 Å². The van der Waals surface area contributed by atoms with Crippen molar-refractivity contribution in [1.29, 1.82) is 0 Å². The van der Waals surface area contributed by atoms with Crippen molar-refractivity contribution in [3.8, 4) is 5.75 Å². The van der Waals surface area contributed by atoms with E-state index in [-0.39, 0.29) is 11.9 Å². The van der Waals surface area contributed by atoms with Crippen LogP contribution in [0.25, 0.3) is 0 Å². The molecule has 130 valence electrons. The fourth-order valence-electron chi connectivity index (χ4n) is 3.56. The number of carbonyl (C=O) groups is 1. The Bertz CT molecular complexity index is 666. The Morgan fingerprint density at radius 1 is 1.46 bits per heavy atom. The van der Waals surface area contributed by atoms with Gasteiger partial charge in [-0.2, -0.15) is 0 Å². The summed E-state index contributed by atoms with van der Waals surface area (Å²) in [7, 11) is 5.17. The van der Waals surface area contributed by atoms with Gasteiger partial charge in [0, 0.05) is 33.3 Å². The number of hydrogen-bond acceptors (Lipinski definition) is 4. The molecule has 2 bridgehead atoms. The van der Waals surface area contributed by atoms with Crippen LogP contribution in [0.3, 0.4) is 0 Å². The quantitative estimate of drug-likeness (QED) is 0.829. The van der Waals surface area contributed by atoms with Crippen LogP contribution in [0.1, 0.15) is 18.5 Å². The molecule has 1 N–H and O–H groups in total. The monoisotopic (exact) mass is 349 g/mol. The van der Waals surface area contributed by atoms with Gasteiger partial charge in [-0.3, -0.25) is 4.79 Å². The number of nitrogens with zero attached hydrogens (tertiary/aromatic N) is 2. The van der Waals surface area contributed by atoms with Gasteiger partial charge in [0.1, 0.15) is 11.7 Å². The van der Waals surface area contributed by atoms with Crippen LogP contribution >= 0.6 is 12.2 Å². The van der Waals surface area contributed by atoms with Crippen molar-refractivity contribution in [1.82, 2.24) is 15.1 Å². The molecule has 1 amide bonds. The van der Waals surface area contributed by atoms with Crippen molar-refractivity contribution in [3.05, 3.63) is 29.8 Å². The Balaban J connectivity index is 2.10. The molecule has 0 aromatic heterocycles. The highest BCUT2D eigenvalue weighted by Crippen LogP contribution is 2.48. The molecule has 1 fully saturated rings. The molecule has 1 aromatic carbocycles. The lowest BCUT2D eigenvalue weighted by Crippen LogP contribution is -2.72. The summed E-state index contributed by atoms with van der Waals surface area (Å²) in [5.74, 6) is 0.380. The standard InChI is InChI=1S/C17H23N3O3S/c1-17-13(15(21)19(2)3)14(11-7-5-6-8-12(11)23-17)18-16(24)20(17)9-10-22-4/h5-8,13-14H,9-10H2,1-4H3,(H,18,24)/t13-,14+,17-/m0/s1. The lowest BCUT2D eigenvalue weighted by Gasteiger charge is -2.56. The minimum Gasteiger partial charge on any atom is -0.467 e. The molecule has 0 aliphatic carbocycles. The van der Waals surface area contributed by atoms with Crippen LogP contribution in [0.4, 0.5) is 0 Å². The summed E-state index contributed by atoms with van der Waals surface area (Å²) in [5, 5.41) is 3.93. The van der Waals surface area contributed by atoms with Crippen molar-refractivity contribution in [3.63, 3.8) is 0 Å². The molecule has 2 aliphatic heterocycles. The molecular formula is C17H23N3O3S. The van der Waals surface area contributed by atoms with Crippen LogP contribution in [-0.4, -0.2) is 60.9 Å². The fourth-order valence-corrected chi connectivity index (χ4v) is 3.96. The highest BCUT2D eigenvalue weighted by atomic mass is 32.1. The molecule has 3 atom stereocenters. The molecular weight excluding hydrogens is 326 g/mol. The smallest absolute Gasteiger partial charge is 0.233 e. The lowest BCUT2D eigenvalue weighted by atomic mass is 9.78. The molecule has 0 spiro atoms. The first kappa shape index (κ1) is 17.0. The second-order valence-electron chi connectivity index (χ2n) is 6.48.